The van der Waals surface area contributed by atoms with Crippen LogP contribution in [0.3, 0.4) is 0 Å². The van der Waals surface area contributed by atoms with Crippen molar-refractivity contribution in [2.75, 3.05) is 6.54 Å². The second-order valence-electron chi connectivity index (χ2n) is 7.70. The molecule has 1 fully saturated rings. The van der Waals surface area contributed by atoms with Crippen LogP contribution in [-0.2, 0) is 11.2 Å². The Labute approximate surface area is 182 Å². The molecule has 0 spiro atoms. The highest BCUT2D eigenvalue weighted by molar-refractivity contribution is 5.97. The molecule has 0 radical (unpaired) electrons. The predicted octanol–water partition coefficient (Wildman–Crippen LogP) is 0.246. The van der Waals surface area contributed by atoms with E-state index in [4.69, 9.17) is 9.68 Å². The van der Waals surface area contributed by atoms with Crippen LogP contribution in [-0.4, -0.2) is 68.0 Å². The van der Waals surface area contributed by atoms with Crippen LogP contribution in [0.5, 0.6) is 0 Å². The van der Waals surface area contributed by atoms with Crippen LogP contribution < -0.4 is 5.32 Å². The molecule has 1 saturated heterocycles. The summed E-state index contributed by atoms with van der Waals surface area (Å²) in [4.78, 5) is 29.5. The summed E-state index contributed by atoms with van der Waals surface area (Å²) in [5, 5.41) is 42.1. The number of likely N-dealkylation sites (tertiary alicyclic amines) is 1. The molecule has 4 rings (SSSR count). The third kappa shape index (κ3) is 4.22. The second-order valence-corrected chi connectivity index (χ2v) is 7.70. The average molecular weight is 438 g/mol. The largest absolute Gasteiger partial charge is 0.444 e. The Hall–Kier alpha value is -3.65. The maximum atomic E-state index is 12.9. The number of hydrogen-bond acceptors (Lipinski definition) is 7. The minimum Gasteiger partial charge on any atom is -0.444 e. The Morgan fingerprint density at radius 2 is 2.03 bits per heavy atom. The molecular weight excluding hydrogens is 416 g/mol. The number of aliphatic hydroxyl groups excluding tert-OH is 3. The molecule has 3 aromatic rings. The van der Waals surface area contributed by atoms with Crippen LogP contribution in [0, 0.1) is 11.3 Å². The van der Waals surface area contributed by atoms with Crippen molar-refractivity contribution in [1.29, 1.82) is 5.26 Å². The SMILES string of the molecule is N#Cc1cc2[nH]c(C(=O)N[C@@H](Cc3ccccc3)[C@@H](O)C(=O)N3CCC(O)C3O)cc2o1. The Balaban J connectivity index is 1.55. The molecule has 2 unspecified atom stereocenters. The number of nitrogens with zero attached hydrogens (tertiary/aromatic N) is 2. The number of aromatic nitrogens is 1. The number of H-pyrrole nitrogens is 1. The quantitative estimate of drug-likeness (QED) is 0.368. The molecule has 0 aliphatic carbocycles. The predicted molar refractivity (Wildman–Crippen MR) is 111 cm³/mol. The monoisotopic (exact) mass is 438 g/mol. The molecule has 10 heteroatoms. The van der Waals surface area contributed by atoms with Crippen molar-refractivity contribution in [3.8, 4) is 6.07 Å². The van der Waals surface area contributed by atoms with Crippen molar-refractivity contribution in [3.05, 3.63) is 59.5 Å². The highest BCUT2D eigenvalue weighted by atomic mass is 16.4. The van der Waals surface area contributed by atoms with E-state index in [2.05, 4.69) is 10.3 Å². The molecule has 2 aromatic heterocycles. The van der Waals surface area contributed by atoms with Gasteiger partial charge in [-0.15, -0.1) is 0 Å². The first kappa shape index (κ1) is 21.6. The summed E-state index contributed by atoms with van der Waals surface area (Å²) in [5.74, 6) is -1.26. The van der Waals surface area contributed by atoms with Crippen molar-refractivity contribution in [3.63, 3.8) is 0 Å². The third-order valence-electron chi connectivity index (χ3n) is 5.52. The van der Waals surface area contributed by atoms with Gasteiger partial charge < -0.3 is 34.9 Å². The van der Waals surface area contributed by atoms with Crippen LogP contribution in [0.15, 0.2) is 46.9 Å². The van der Waals surface area contributed by atoms with Gasteiger partial charge in [-0.05, 0) is 18.4 Å². The van der Waals surface area contributed by atoms with Gasteiger partial charge in [-0.1, -0.05) is 30.3 Å². The van der Waals surface area contributed by atoms with E-state index < -0.39 is 36.3 Å². The third-order valence-corrected chi connectivity index (χ3v) is 5.52. The van der Waals surface area contributed by atoms with Gasteiger partial charge in [-0.3, -0.25) is 9.59 Å². The molecule has 5 N–H and O–H groups in total. The zero-order valence-corrected chi connectivity index (χ0v) is 16.9. The molecule has 1 aromatic carbocycles. The van der Waals surface area contributed by atoms with Gasteiger partial charge in [-0.2, -0.15) is 5.26 Å². The first-order valence-corrected chi connectivity index (χ1v) is 10.1. The molecule has 3 heterocycles. The molecule has 4 atom stereocenters. The molecule has 0 saturated carbocycles. The van der Waals surface area contributed by atoms with Gasteiger partial charge in [0.25, 0.3) is 11.8 Å². The molecule has 2 amide bonds. The highest BCUT2D eigenvalue weighted by Gasteiger charge is 2.39. The lowest BCUT2D eigenvalue weighted by molar-refractivity contribution is -0.152. The topological polar surface area (TPSA) is 163 Å². The van der Waals surface area contributed by atoms with Crippen molar-refractivity contribution in [2.45, 2.75) is 37.3 Å². The first-order chi connectivity index (χ1) is 15.4. The lowest BCUT2D eigenvalue weighted by Gasteiger charge is -2.29. The summed E-state index contributed by atoms with van der Waals surface area (Å²) in [6.07, 6.45) is -3.79. The summed E-state index contributed by atoms with van der Waals surface area (Å²) >= 11 is 0. The Morgan fingerprint density at radius 3 is 2.66 bits per heavy atom. The minimum atomic E-state index is -1.65. The maximum Gasteiger partial charge on any atom is 0.268 e. The molecule has 32 heavy (non-hydrogen) atoms. The van der Waals surface area contributed by atoms with Crippen molar-refractivity contribution < 1.29 is 29.3 Å². The zero-order valence-electron chi connectivity index (χ0n) is 16.9. The molecule has 1 aliphatic rings. The van der Waals surface area contributed by atoms with E-state index in [1.165, 1.54) is 12.1 Å². The van der Waals surface area contributed by atoms with E-state index >= 15 is 0 Å². The fraction of sp³-hybridized carbons (Fsp3) is 0.318. The number of fused-ring (bicyclic) bond motifs is 1. The molecule has 0 bridgehead atoms. The van der Waals surface area contributed by atoms with Gasteiger partial charge in [0.05, 0.1) is 11.6 Å². The number of furan rings is 1. The van der Waals surface area contributed by atoms with Gasteiger partial charge in [0.15, 0.2) is 17.9 Å². The van der Waals surface area contributed by atoms with Gasteiger partial charge >= 0.3 is 0 Å². The van der Waals surface area contributed by atoms with Crippen molar-refractivity contribution >= 4 is 22.9 Å². The summed E-state index contributed by atoms with van der Waals surface area (Å²) in [6, 6.07) is 12.8. The van der Waals surface area contributed by atoms with Crippen molar-refractivity contribution in [1.82, 2.24) is 15.2 Å². The zero-order chi connectivity index (χ0) is 22.8. The highest BCUT2D eigenvalue weighted by Crippen LogP contribution is 2.21. The van der Waals surface area contributed by atoms with Gasteiger partial charge in [-0.25, -0.2) is 0 Å². The molecular formula is C22H22N4O6. The first-order valence-electron chi connectivity index (χ1n) is 10.1. The van der Waals surface area contributed by atoms with E-state index in [0.717, 1.165) is 10.5 Å². The normalized spacial score (nSPS) is 20.1. The van der Waals surface area contributed by atoms with E-state index in [0.29, 0.717) is 11.1 Å². The maximum absolute atomic E-state index is 12.9. The summed E-state index contributed by atoms with van der Waals surface area (Å²) in [5.41, 5.74) is 1.72. The van der Waals surface area contributed by atoms with E-state index in [9.17, 15) is 24.9 Å². The number of aromatic amines is 1. The van der Waals surface area contributed by atoms with E-state index in [1.807, 2.05) is 12.1 Å². The van der Waals surface area contributed by atoms with Crippen LogP contribution in [0.25, 0.3) is 11.1 Å². The Bertz CT molecular complexity index is 1130. The number of carbonyl (C=O) groups is 2. The van der Waals surface area contributed by atoms with E-state index in [-0.39, 0.29) is 30.8 Å². The van der Waals surface area contributed by atoms with Crippen LogP contribution >= 0.6 is 0 Å². The summed E-state index contributed by atoms with van der Waals surface area (Å²) in [6.45, 7) is 0.0957. The Morgan fingerprint density at radius 1 is 1.28 bits per heavy atom. The number of aliphatic hydroxyl groups is 3. The van der Waals surface area contributed by atoms with Crippen molar-refractivity contribution in [2.24, 2.45) is 0 Å². The number of carbonyl (C=O) groups excluding carboxylic acids is 2. The van der Waals surface area contributed by atoms with Gasteiger partial charge in [0.1, 0.15) is 17.9 Å². The lowest BCUT2D eigenvalue weighted by atomic mass is 10.00. The molecule has 166 valence electrons. The Kier molecular flexibility index (Phi) is 5.96. The van der Waals surface area contributed by atoms with Crippen LogP contribution in [0.1, 0.15) is 28.2 Å². The van der Waals surface area contributed by atoms with Gasteiger partial charge in [0, 0.05) is 18.7 Å². The summed E-state index contributed by atoms with van der Waals surface area (Å²) < 4.78 is 5.29. The average Bonchev–Trinajstić information content (AvgIpc) is 3.46. The fourth-order valence-electron chi connectivity index (χ4n) is 3.80. The fourth-order valence-corrected chi connectivity index (χ4v) is 3.80. The number of benzene rings is 1. The standard InChI is InChI=1S/C22H22N4O6/c23-11-13-9-14-18(32-13)10-16(24-14)20(29)25-15(8-12-4-2-1-3-5-12)19(28)22(31)26-7-6-17(27)21(26)30/h1-5,9-10,15,17,19,21,24,27-28,30H,6-8H2,(H,25,29)/t15-,17?,19+,21?/m0/s1. The molecule has 1 aliphatic heterocycles. The van der Waals surface area contributed by atoms with E-state index in [1.54, 1.807) is 24.3 Å². The summed E-state index contributed by atoms with van der Waals surface area (Å²) in [7, 11) is 0. The molecule has 10 nitrogen and oxygen atoms in total. The minimum absolute atomic E-state index is 0.0957. The van der Waals surface area contributed by atoms with Gasteiger partial charge in [0.2, 0.25) is 5.76 Å². The number of rotatable bonds is 6. The lowest BCUT2D eigenvalue weighted by Crippen LogP contribution is -2.54. The number of nitrogens with one attached hydrogen (secondary N) is 2. The number of amides is 2. The van der Waals surface area contributed by atoms with Crippen LogP contribution in [0.4, 0.5) is 0 Å². The number of nitriles is 1. The van der Waals surface area contributed by atoms with Crippen LogP contribution in [0.2, 0.25) is 0 Å². The smallest absolute Gasteiger partial charge is 0.268 e. The second kappa shape index (κ2) is 8.84. The number of hydrogen-bond donors (Lipinski definition) is 5.